The van der Waals surface area contributed by atoms with Crippen molar-refractivity contribution in [2.24, 2.45) is 0 Å². The lowest BCUT2D eigenvalue weighted by Crippen LogP contribution is -2.42. The molecule has 0 amide bonds. The first-order valence-corrected chi connectivity index (χ1v) is 7.09. The number of nitro benzene ring substituents is 1. The Hall–Kier alpha value is -2.41. The molecule has 1 fully saturated rings. The highest BCUT2D eigenvalue weighted by Gasteiger charge is 2.35. The molecule has 0 aliphatic carbocycles. The summed E-state index contributed by atoms with van der Waals surface area (Å²) in [6.45, 7) is 1.70. The van der Waals surface area contributed by atoms with Crippen molar-refractivity contribution in [3.63, 3.8) is 0 Å². The number of nitrogens with zero attached hydrogens (tertiary/aromatic N) is 2. The zero-order chi connectivity index (χ0) is 15.7. The van der Waals surface area contributed by atoms with Crippen molar-refractivity contribution in [3.8, 4) is 5.75 Å². The fourth-order valence-electron chi connectivity index (χ4n) is 2.82. The third kappa shape index (κ3) is 2.55. The summed E-state index contributed by atoms with van der Waals surface area (Å²) in [5.41, 5.74) is 0.852. The van der Waals surface area contributed by atoms with Gasteiger partial charge in [-0.2, -0.15) is 0 Å². The van der Waals surface area contributed by atoms with Gasteiger partial charge in [-0.15, -0.1) is 0 Å². The number of non-ortho nitro benzene ring substituents is 1. The van der Waals surface area contributed by atoms with Crippen LogP contribution >= 0.6 is 0 Å². The number of carbonyl (C=O) groups excluding carboxylic acids is 1. The highest BCUT2D eigenvalue weighted by atomic mass is 16.6. The van der Waals surface area contributed by atoms with Gasteiger partial charge in [0.05, 0.1) is 17.6 Å². The van der Waals surface area contributed by atoms with Crippen LogP contribution in [0.4, 0.5) is 5.69 Å². The van der Waals surface area contributed by atoms with Crippen LogP contribution in [-0.4, -0.2) is 42.2 Å². The second-order valence-corrected chi connectivity index (χ2v) is 5.28. The summed E-state index contributed by atoms with van der Waals surface area (Å²) < 4.78 is 10.7. The van der Waals surface area contributed by atoms with Gasteiger partial charge in [-0.1, -0.05) is 0 Å². The maximum absolute atomic E-state index is 12.0. The molecule has 0 radical (unpaired) electrons. The molecular formula is C15H16N2O5. The summed E-state index contributed by atoms with van der Waals surface area (Å²) in [6, 6.07) is 4.37. The first kappa shape index (κ1) is 14.5. The number of benzene rings is 1. The van der Waals surface area contributed by atoms with E-state index in [2.05, 4.69) is 4.90 Å². The van der Waals surface area contributed by atoms with Gasteiger partial charge in [-0.05, 0) is 25.0 Å². The molecule has 1 atom stereocenters. The topological polar surface area (TPSA) is 81.9 Å². The number of methoxy groups -OCH3 is 1. The second kappa shape index (κ2) is 5.76. The maximum atomic E-state index is 12.0. The van der Waals surface area contributed by atoms with Crippen LogP contribution in [0.2, 0.25) is 0 Å². The van der Waals surface area contributed by atoms with Gasteiger partial charge in [0.1, 0.15) is 5.75 Å². The van der Waals surface area contributed by atoms with E-state index in [1.807, 2.05) is 0 Å². The number of hydrogen-bond donors (Lipinski definition) is 0. The molecule has 0 saturated carbocycles. The molecule has 2 aliphatic heterocycles. The van der Waals surface area contributed by atoms with Crippen molar-refractivity contribution in [2.75, 3.05) is 20.2 Å². The van der Waals surface area contributed by atoms with Crippen LogP contribution in [0.5, 0.6) is 5.75 Å². The molecule has 1 aromatic rings. The van der Waals surface area contributed by atoms with Gasteiger partial charge in [-0.25, -0.2) is 4.79 Å². The van der Waals surface area contributed by atoms with E-state index in [0.29, 0.717) is 16.9 Å². The van der Waals surface area contributed by atoms with Crippen LogP contribution < -0.4 is 4.74 Å². The monoisotopic (exact) mass is 304 g/mol. The molecule has 116 valence electrons. The number of likely N-dealkylation sites (tertiary alicyclic amines) is 1. The summed E-state index contributed by atoms with van der Waals surface area (Å²) in [5, 5.41) is 10.9. The van der Waals surface area contributed by atoms with E-state index in [1.54, 1.807) is 12.1 Å². The van der Waals surface area contributed by atoms with Crippen LogP contribution in [-0.2, 0) is 9.53 Å². The van der Waals surface area contributed by atoms with Crippen molar-refractivity contribution in [3.05, 3.63) is 39.4 Å². The average Bonchev–Trinajstić information content (AvgIpc) is 3.06. The minimum absolute atomic E-state index is 0.0394. The van der Waals surface area contributed by atoms with Crippen LogP contribution in [0.15, 0.2) is 23.8 Å². The zero-order valence-electron chi connectivity index (χ0n) is 12.2. The molecule has 0 bridgehead atoms. The predicted octanol–water partition coefficient (Wildman–Crippen LogP) is 1.97. The normalized spacial score (nSPS) is 20.8. The summed E-state index contributed by atoms with van der Waals surface area (Å²) >= 11 is 0. The maximum Gasteiger partial charge on any atom is 0.338 e. The number of fused-ring (bicyclic) bond motifs is 1. The molecular weight excluding hydrogens is 288 g/mol. The lowest BCUT2D eigenvalue weighted by Gasteiger charge is -2.32. The average molecular weight is 304 g/mol. The summed E-state index contributed by atoms with van der Waals surface area (Å²) in [5.74, 6) is 0.0595. The van der Waals surface area contributed by atoms with E-state index in [4.69, 9.17) is 9.47 Å². The number of rotatable bonds is 3. The molecule has 1 saturated heterocycles. The molecule has 1 unspecified atom stereocenters. The Kier molecular flexibility index (Phi) is 3.81. The lowest BCUT2D eigenvalue weighted by atomic mass is 10.0. The molecule has 2 heterocycles. The van der Waals surface area contributed by atoms with Crippen molar-refractivity contribution < 1.29 is 19.2 Å². The highest BCUT2D eigenvalue weighted by Crippen LogP contribution is 2.34. The van der Waals surface area contributed by atoms with Gasteiger partial charge in [-0.3, -0.25) is 15.0 Å². The van der Waals surface area contributed by atoms with Crippen LogP contribution in [0.25, 0.3) is 6.08 Å². The summed E-state index contributed by atoms with van der Waals surface area (Å²) in [7, 11) is 1.31. The van der Waals surface area contributed by atoms with Crippen LogP contribution in [0.1, 0.15) is 18.4 Å². The van der Waals surface area contributed by atoms with E-state index in [0.717, 1.165) is 25.9 Å². The fourth-order valence-corrected chi connectivity index (χ4v) is 2.82. The van der Waals surface area contributed by atoms with Crippen molar-refractivity contribution >= 4 is 17.7 Å². The minimum atomic E-state index is -0.496. The van der Waals surface area contributed by atoms with E-state index in [9.17, 15) is 14.9 Å². The molecule has 22 heavy (non-hydrogen) atoms. The third-order valence-electron chi connectivity index (χ3n) is 3.91. The Morgan fingerprint density at radius 1 is 1.41 bits per heavy atom. The van der Waals surface area contributed by atoms with E-state index >= 15 is 0 Å². The van der Waals surface area contributed by atoms with Gasteiger partial charge >= 0.3 is 5.97 Å². The van der Waals surface area contributed by atoms with E-state index in [1.165, 1.54) is 19.2 Å². The molecule has 0 N–H and O–H groups in total. The fraction of sp³-hybridized carbons (Fsp3) is 0.400. The van der Waals surface area contributed by atoms with Gasteiger partial charge in [0.2, 0.25) is 0 Å². The van der Waals surface area contributed by atoms with Crippen molar-refractivity contribution in [2.45, 2.75) is 19.1 Å². The van der Waals surface area contributed by atoms with Crippen LogP contribution in [0, 0.1) is 10.1 Å². The Balaban J connectivity index is 2.01. The zero-order valence-corrected chi connectivity index (χ0v) is 12.2. The molecule has 0 spiro atoms. The minimum Gasteiger partial charge on any atom is -0.470 e. The van der Waals surface area contributed by atoms with Crippen molar-refractivity contribution in [1.29, 1.82) is 0 Å². The summed E-state index contributed by atoms with van der Waals surface area (Å²) in [6.07, 6.45) is 3.24. The second-order valence-electron chi connectivity index (χ2n) is 5.28. The van der Waals surface area contributed by atoms with Crippen LogP contribution in [0.3, 0.4) is 0 Å². The van der Waals surface area contributed by atoms with Gasteiger partial charge in [0.25, 0.3) is 5.69 Å². The molecule has 7 heteroatoms. The quantitative estimate of drug-likeness (QED) is 0.482. The number of hydrogen-bond acceptors (Lipinski definition) is 6. The Bertz CT molecular complexity index is 649. The van der Waals surface area contributed by atoms with E-state index < -0.39 is 17.1 Å². The Morgan fingerprint density at radius 3 is 2.77 bits per heavy atom. The van der Waals surface area contributed by atoms with Gasteiger partial charge in [0.15, 0.2) is 6.23 Å². The first-order valence-electron chi connectivity index (χ1n) is 7.09. The third-order valence-corrected chi connectivity index (χ3v) is 3.91. The standard InChI is InChI=1S/C15H16N2O5/c1-21-15(18)12-9-10-8-11(17(19)20)4-5-13(10)22-14(12)16-6-2-3-7-16/h4-5,8-9,14H,2-3,6-7H2,1H3. The molecule has 1 aromatic carbocycles. The van der Waals surface area contributed by atoms with Gasteiger partial charge < -0.3 is 9.47 Å². The molecule has 0 aromatic heterocycles. The summed E-state index contributed by atoms with van der Waals surface area (Å²) in [4.78, 5) is 24.5. The molecule has 7 nitrogen and oxygen atoms in total. The number of carbonyl (C=O) groups is 1. The van der Waals surface area contributed by atoms with Crippen molar-refractivity contribution in [1.82, 2.24) is 4.90 Å². The van der Waals surface area contributed by atoms with E-state index in [-0.39, 0.29) is 5.69 Å². The lowest BCUT2D eigenvalue weighted by molar-refractivity contribution is -0.384. The predicted molar refractivity (Wildman–Crippen MR) is 78.3 cm³/mol. The smallest absolute Gasteiger partial charge is 0.338 e. The number of esters is 1. The highest BCUT2D eigenvalue weighted by molar-refractivity contribution is 5.96. The number of nitro groups is 1. The largest absolute Gasteiger partial charge is 0.470 e. The Morgan fingerprint density at radius 2 is 2.14 bits per heavy atom. The SMILES string of the molecule is COC(=O)C1=Cc2cc([N+](=O)[O-])ccc2OC1N1CCCC1. The Labute approximate surface area is 127 Å². The molecule has 3 rings (SSSR count). The first-order chi connectivity index (χ1) is 10.6. The molecule has 2 aliphatic rings. The van der Waals surface area contributed by atoms with Gasteiger partial charge in [0, 0.05) is 30.8 Å². The number of ether oxygens (including phenoxy) is 2.